The topological polar surface area (TPSA) is 87.9 Å². The summed E-state index contributed by atoms with van der Waals surface area (Å²) in [6, 6.07) is 4.90. The van der Waals surface area contributed by atoms with Crippen LogP contribution in [0.1, 0.15) is 52.7 Å². The number of carbonyl (C=O) groups excluding carboxylic acids is 1. The van der Waals surface area contributed by atoms with Crippen LogP contribution in [0.25, 0.3) is 11.5 Å². The second kappa shape index (κ2) is 6.54. The molecule has 5 rings (SSSR count). The lowest BCUT2D eigenvalue weighted by Gasteiger charge is -2.37. The van der Waals surface area contributed by atoms with Crippen molar-refractivity contribution in [1.82, 2.24) is 25.0 Å². The standard InChI is InChI=1S/C20H20FN5O2/c1-11-8-16(22-9-11)18-24-19(28-25-18)12-2-3-13-4-6-15-14(5-7-17(21)23-15)20(27)26(13)10-12/h5,7-9,12-13,22H,2-4,6,10H2,1H3. The zero-order valence-electron chi connectivity index (χ0n) is 15.5. The van der Waals surface area contributed by atoms with E-state index in [0.717, 1.165) is 30.5 Å². The summed E-state index contributed by atoms with van der Waals surface area (Å²) >= 11 is 0. The molecule has 0 aliphatic carbocycles. The van der Waals surface area contributed by atoms with E-state index in [1.807, 2.05) is 24.1 Å². The number of pyridine rings is 1. The maximum absolute atomic E-state index is 13.5. The molecule has 5 heterocycles. The number of amides is 1. The molecule has 1 fully saturated rings. The zero-order valence-corrected chi connectivity index (χ0v) is 15.5. The average Bonchev–Trinajstić information content (AvgIpc) is 3.32. The van der Waals surface area contributed by atoms with Crippen LogP contribution in [-0.2, 0) is 6.42 Å². The largest absolute Gasteiger partial charge is 0.358 e. The van der Waals surface area contributed by atoms with Crippen LogP contribution in [0.3, 0.4) is 0 Å². The Morgan fingerprint density at radius 2 is 2.14 bits per heavy atom. The summed E-state index contributed by atoms with van der Waals surface area (Å²) in [4.78, 5) is 26.6. The third-order valence-electron chi connectivity index (χ3n) is 5.71. The lowest BCUT2D eigenvalue weighted by Crippen LogP contribution is -2.45. The molecule has 2 atom stereocenters. The van der Waals surface area contributed by atoms with Gasteiger partial charge in [-0.05, 0) is 56.4 Å². The van der Waals surface area contributed by atoms with Crippen LogP contribution < -0.4 is 0 Å². The third kappa shape index (κ3) is 2.89. The number of nitrogens with zero attached hydrogens (tertiary/aromatic N) is 4. The Labute approximate surface area is 161 Å². The molecule has 3 aromatic heterocycles. The van der Waals surface area contributed by atoms with Gasteiger partial charge in [-0.1, -0.05) is 5.16 Å². The van der Waals surface area contributed by atoms with Crippen molar-refractivity contribution < 1.29 is 13.7 Å². The predicted octanol–water partition coefficient (Wildman–Crippen LogP) is 3.24. The first-order valence-corrected chi connectivity index (χ1v) is 9.54. The second-order valence-electron chi connectivity index (χ2n) is 7.60. The third-order valence-corrected chi connectivity index (χ3v) is 5.71. The Morgan fingerprint density at radius 1 is 1.25 bits per heavy atom. The van der Waals surface area contributed by atoms with Crippen LogP contribution >= 0.6 is 0 Å². The predicted molar refractivity (Wildman–Crippen MR) is 98.1 cm³/mol. The highest BCUT2D eigenvalue weighted by molar-refractivity contribution is 5.96. The van der Waals surface area contributed by atoms with Gasteiger partial charge in [0, 0.05) is 18.8 Å². The molecule has 144 valence electrons. The number of carbonyl (C=O) groups is 1. The first-order chi connectivity index (χ1) is 13.6. The van der Waals surface area contributed by atoms with Crippen LogP contribution in [0.4, 0.5) is 4.39 Å². The van der Waals surface area contributed by atoms with Gasteiger partial charge in [0.2, 0.25) is 17.7 Å². The molecular weight excluding hydrogens is 361 g/mol. The van der Waals surface area contributed by atoms with E-state index in [0.29, 0.717) is 35.9 Å². The molecule has 0 spiro atoms. The summed E-state index contributed by atoms with van der Waals surface area (Å²) in [5.74, 6) is 0.441. The number of piperidine rings is 1. The van der Waals surface area contributed by atoms with Gasteiger partial charge in [-0.2, -0.15) is 9.37 Å². The highest BCUT2D eigenvalue weighted by Gasteiger charge is 2.37. The molecule has 7 nitrogen and oxygen atoms in total. The van der Waals surface area contributed by atoms with Gasteiger partial charge in [-0.15, -0.1) is 0 Å². The molecule has 2 unspecified atom stereocenters. The smallest absolute Gasteiger partial charge is 0.255 e. The zero-order chi connectivity index (χ0) is 19.3. The van der Waals surface area contributed by atoms with Crippen LogP contribution in [0.2, 0.25) is 0 Å². The van der Waals surface area contributed by atoms with Gasteiger partial charge in [0.1, 0.15) is 0 Å². The van der Waals surface area contributed by atoms with Crippen molar-refractivity contribution in [3.05, 3.63) is 53.1 Å². The maximum atomic E-state index is 13.5. The number of fused-ring (bicyclic) bond motifs is 2. The van der Waals surface area contributed by atoms with Crippen LogP contribution in [0.5, 0.6) is 0 Å². The summed E-state index contributed by atoms with van der Waals surface area (Å²) in [5.41, 5.74) is 2.96. The molecule has 0 aromatic carbocycles. The molecule has 1 N–H and O–H groups in total. The number of aromatic nitrogens is 4. The van der Waals surface area contributed by atoms with Crippen molar-refractivity contribution in [2.24, 2.45) is 0 Å². The number of H-pyrrole nitrogens is 1. The minimum absolute atomic E-state index is 0.00698. The first-order valence-electron chi connectivity index (χ1n) is 9.54. The SMILES string of the molecule is Cc1c[nH]c(-c2noc(C3CCC4CCc5nc(F)ccc5C(=O)N4C3)n2)c1. The number of halogens is 1. The van der Waals surface area contributed by atoms with E-state index >= 15 is 0 Å². The summed E-state index contributed by atoms with van der Waals surface area (Å²) < 4.78 is 19.0. The van der Waals surface area contributed by atoms with Crippen LogP contribution in [0, 0.1) is 12.9 Å². The van der Waals surface area contributed by atoms with E-state index in [2.05, 4.69) is 20.1 Å². The molecule has 1 saturated heterocycles. The number of aryl methyl sites for hydroxylation is 2. The highest BCUT2D eigenvalue weighted by Crippen LogP contribution is 2.35. The van der Waals surface area contributed by atoms with Gasteiger partial charge < -0.3 is 14.4 Å². The average molecular weight is 381 g/mol. The number of rotatable bonds is 2. The lowest BCUT2D eigenvalue weighted by atomic mass is 9.91. The molecule has 1 amide bonds. The first kappa shape index (κ1) is 17.1. The van der Waals surface area contributed by atoms with Crippen molar-refractivity contribution in [1.29, 1.82) is 0 Å². The molecule has 2 aliphatic rings. The molecule has 0 radical (unpaired) electrons. The van der Waals surface area contributed by atoms with Gasteiger partial charge in [0.15, 0.2) is 0 Å². The van der Waals surface area contributed by atoms with Gasteiger partial charge in [-0.25, -0.2) is 4.98 Å². The monoisotopic (exact) mass is 381 g/mol. The fourth-order valence-corrected chi connectivity index (χ4v) is 4.24. The van der Waals surface area contributed by atoms with E-state index in [1.54, 1.807) is 6.07 Å². The number of nitrogens with one attached hydrogen (secondary N) is 1. The molecule has 28 heavy (non-hydrogen) atoms. The molecule has 0 saturated carbocycles. The summed E-state index contributed by atoms with van der Waals surface area (Å²) in [6.45, 7) is 2.51. The summed E-state index contributed by atoms with van der Waals surface area (Å²) in [6.07, 6.45) is 5.02. The van der Waals surface area contributed by atoms with E-state index in [4.69, 9.17) is 4.52 Å². The Morgan fingerprint density at radius 3 is 2.96 bits per heavy atom. The highest BCUT2D eigenvalue weighted by atomic mass is 19.1. The summed E-state index contributed by atoms with van der Waals surface area (Å²) in [5, 5.41) is 4.09. The van der Waals surface area contributed by atoms with Gasteiger partial charge in [0.25, 0.3) is 5.91 Å². The Kier molecular flexibility index (Phi) is 3.99. The number of hydrogen-bond donors (Lipinski definition) is 1. The van der Waals surface area contributed by atoms with Gasteiger partial charge in [0.05, 0.1) is 22.9 Å². The van der Waals surface area contributed by atoms with E-state index in [1.165, 1.54) is 6.07 Å². The van der Waals surface area contributed by atoms with Crippen molar-refractivity contribution in [3.63, 3.8) is 0 Å². The van der Waals surface area contributed by atoms with Gasteiger partial charge in [-0.3, -0.25) is 4.79 Å². The summed E-state index contributed by atoms with van der Waals surface area (Å²) in [7, 11) is 0. The quantitative estimate of drug-likeness (QED) is 0.689. The number of aromatic amines is 1. The minimum atomic E-state index is -0.540. The molecular formula is C20H20FN5O2. The molecule has 3 aromatic rings. The Hall–Kier alpha value is -3.03. The van der Waals surface area contributed by atoms with E-state index in [9.17, 15) is 9.18 Å². The maximum Gasteiger partial charge on any atom is 0.255 e. The fourth-order valence-electron chi connectivity index (χ4n) is 4.24. The van der Waals surface area contributed by atoms with Crippen molar-refractivity contribution in [2.75, 3.05) is 6.54 Å². The van der Waals surface area contributed by atoms with Crippen LogP contribution in [-0.4, -0.2) is 43.5 Å². The second-order valence-corrected chi connectivity index (χ2v) is 7.60. The number of hydrogen-bond acceptors (Lipinski definition) is 5. The Bertz CT molecular complexity index is 1040. The van der Waals surface area contributed by atoms with E-state index in [-0.39, 0.29) is 17.9 Å². The lowest BCUT2D eigenvalue weighted by molar-refractivity contribution is 0.0570. The molecule has 2 aliphatic heterocycles. The van der Waals surface area contributed by atoms with Gasteiger partial charge >= 0.3 is 0 Å². The molecule has 0 bridgehead atoms. The van der Waals surface area contributed by atoms with Crippen molar-refractivity contribution in [2.45, 2.75) is 44.6 Å². The fraction of sp³-hybridized carbons (Fsp3) is 0.400. The van der Waals surface area contributed by atoms with Crippen LogP contribution in [0.15, 0.2) is 28.9 Å². The molecule has 8 heteroatoms. The minimum Gasteiger partial charge on any atom is -0.358 e. The van der Waals surface area contributed by atoms with Crippen molar-refractivity contribution in [3.8, 4) is 11.5 Å². The normalized spacial score (nSPS) is 21.9. The van der Waals surface area contributed by atoms with E-state index < -0.39 is 5.95 Å². The Balaban J connectivity index is 1.40. The van der Waals surface area contributed by atoms with Crippen molar-refractivity contribution >= 4 is 5.91 Å².